The highest BCUT2D eigenvalue weighted by Crippen LogP contribution is 2.36. The zero-order chi connectivity index (χ0) is 19.1. The van der Waals surface area contributed by atoms with Gasteiger partial charge in [0.15, 0.2) is 0 Å². The van der Waals surface area contributed by atoms with Gasteiger partial charge in [-0.3, -0.25) is 0 Å². The summed E-state index contributed by atoms with van der Waals surface area (Å²) in [6, 6.07) is 18.1. The number of nitrogens with zero attached hydrogens (tertiary/aromatic N) is 3. The molecule has 0 saturated carbocycles. The average Bonchev–Trinajstić information content (AvgIpc) is 2.71. The Kier molecular flexibility index (Phi) is 7.11. The molecule has 2 N–H and O–H groups in total. The SMILES string of the molecule is [N-]=[N+]=N[C@H]1C(Sc2ccccc2)O[C@H]([13CH2]O)[C@@H](OCc2ccccc2)[C@@H]1O. The van der Waals surface area contributed by atoms with Crippen molar-refractivity contribution in [1.82, 2.24) is 0 Å². The normalized spacial score (nSPS) is 27.7. The van der Waals surface area contributed by atoms with Crippen LogP contribution in [-0.4, -0.2) is 46.6 Å². The minimum Gasteiger partial charge on any atom is -0.394 e. The number of aliphatic hydroxyl groups is 2. The van der Waals surface area contributed by atoms with E-state index in [0.717, 1.165) is 10.5 Å². The van der Waals surface area contributed by atoms with E-state index in [0.29, 0.717) is 0 Å². The van der Waals surface area contributed by atoms with Crippen molar-refractivity contribution >= 4 is 11.8 Å². The van der Waals surface area contributed by atoms with Crippen LogP contribution in [0.1, 0.15) is 5.56 Å². The standard InChI is InChI=1S/C19H21N3O4S/c20-22-21-16-17(24)18(25-12-13-7-3-1-4-8-13)15(11-23)26-19(16)27-14-9-5-2-6-10-14/h1-10,15-19,23-24H,11-12H2/t15-,16-,17-,18-,19?/m1/s1/i11+1. The molecule has 142 valence electrons. The maximum atomic E-state index is 10.8. The van der Waals surface area contributed by atoms with Crippen molar-refractivity contribution in [2.75, 3.05) is 6.61 Å². The first-order valence-corrected chi connectivity index (χ1v) is 9.46. The van der Waals surface area contributed by atoms with Crippen LogP contribution < -0.4 is 0 Å². The molecule has 0 aromatic heterocycles. The van der Waals surface area contributed by atoms with E-state index in [2.05, 4.69) is 10.0 Å². The van der Waals surface area contributed by atoms with Crippen molar-refractivity contribution in [3.63, 3.8) is 0 Å². The van der Waals surface area contributed by atoms with E-state index in [1.165, 1.54) is 11.8 Å². The second kappa shape index (κ2) is 9.75. The summed E-state index contributed by atoms with van der Waals surface area (Å²) in [5, 5.41) is 24.3. The molecule has 0 amide bonds. The molecule has 2 aromatic carbocycles. The van der Waals surface area contributed by atoms with Crippen molar-refractivity contribution in [3.8, 4) is 0 Å². The number of rotatable bonds is 7. The topological polar surface area (TPSA) is 108 Å². The van der Waals surface area contributed by atoms with Crippen LogP contribution in [0.5, 0.6) is 0 Å². The molecule has 0 radical (unpaired) electrons. The van der Waals surface area contributed by atoms with Gasteiger partial charge < -0.3 is 19.7 Å². The Balaban J connectivity index is 1.75. The van der Waals surface area contributed by atoms with Crippen LogP contribution in [0.4, 0.5) is 0 Å². The van der Waals surface area contributed by atoms with Crippen molar-refractivity contribution in [3.05, 3.63) is 76.7 Å². The summed E-state index contributed by atoms with van der Waals surface area (Å²) in [7, 11) is 0. The van der Waals surface area contributed by atoms with Gasteiger partial charge >= 0.3 is 0 Å². The van der Waals surface area contributed by atoms with Crippen molar-refractivity contribution < 1.29 is 19.7 Å². The van der Waals surface area contributed by atoms with E-state index >= 15 is 0 Å². The van der Waals surface area contributed by atoms with E-state index in [-0.39, 0.29) is 13.2 Å². The lowest BCUT2D eigenvalue weighted by Crippen LogP contribution is -2.57. The van der Waals surface area contributed by atoms with Gasteiger partial charge in [0.1, 0.15) is 23.7 Å². The fourth-order valence-electron chi connectivity index (χ4n) is 2.94. The van der Waals surface area contributed by atoms with Gasteiger partial charge in [-0.25, -0.2) is 0 Å². The fraction of sp³-hybridized carbons (Fsp3) is 0.368. The number of benzene rings is 2. The smallest absolute Gasteiger partial charge is 0.119 e. The number of hydrogen-bond acceptors (Lipinski definition) is 6. The Morgan fingerprint density at radius 3 is 2.41 bits per heavy atom. The molecule has 1 saturated heterocycles. The van der Waals surface area contributed by atoms with E-state index in [1.807, 2.05) is 60.7 Å². The molecule has 7 nitrogen and oxygen atoms in total. The second-order valence-corrected chi connectivity index (χ2v) is 7.28. The van der Waals surface area contributed by atoms with Gasteiger partial charge in [-0.05, 0) is 23.2 Å². The number of hydrogen-bond donors (Lipinski definition) is 2. The summed E-state index contributed by atoms with van der Waals surface area (Å²) in [5.41, 5.74) is 9.23. The van der Waals surface area contributed by atoms with Crippen LogP contribution in [0, 0.1) is 0 Å². The highest BCUT2D eigenvalue weighted by atomic mass is 32.2. The van der Waals surface area contributed by atoms with Crippen LogP contribution in [0.3, 0.4) is 0 Å². The molecule has 0 aliphatic carbocycles. The summed E-state index contributed by atoms with van der Waals surface area (Å²) in [4.78, 5) is 3.77. The van der Waals surface area contributed by atoms with Crippen LogP contribution >= 0.6 is 11.8 Å². The van der Waals surface area contributed by atoms with E-state index in [1.54, 1.807) is 0 Å². The first-order chi connectivity index (χ1) is 13.2. The molecule has 3 rings (SSSR count). The van der Waals surface area contributed by atoms with Crippen molar-refractivity contribution in [2.45, 2.75) is 41.3 Å². The van der Waals surface area contributed by atoms with Gasteiger partial charge in [0.05, 0.1) is 19.3 Å². The number of thioether (sulfide) groups is 1. The lowest BCUT2D eigenvalue weighted by atomic mass is 10.0. The summed E-state index contributed by atoms with van der Waals surface area (Å²) in [5.74, 6) is 0. The minimum atomic E-state index is -1.10. The highest BCUT2D eigenvalue weighted by molar-refractivity contribution is 7.99. The fourth-order valence-corrected chi connectivity index (χ4v) is 4.07. The average molecular weight is 388 g/mol. The minimum absolute atomic E-state index is 0.252. The molecule has 0 bridgehead atoms. The Bertz CT molecular complexity index is 758. The third-order valence-electron chi connectivity index (χ3n) is 4.29. The molecule has 1 unspecified atom stereocenters. The van der Waals surface area contributed by atoms with Crippen LogP contribution in [0.15, 0.2) is 70.7 Å². The molecular weight excluding hydrogens is 367 g/mol. The van der Waals surface area contributed by atoms with Gasteiger partial charge in [0.2, 0.25) is 0 Å². The lowest BCUT2D eigenvalue weighted by molar-refractivity contribution is -0.190. The van der Waals surface area contributed by atoms with E-state index in [4.69, 9.17) is 15.0 Å². The van der Waals surface area contributed by atoms with Crippen LogP contribution in [0.25, 0.3) is 10.4 Å². The number of ether oxygens (including phenoxy) is 2. The third-order valence-corrected chi connectivity index (χ3v) is 5.45. The molecule has 0 spiro atoms. The number of azide groups is 1. The molecule has 2 aromatic rings. The summed E-state index contributed by atoms with van der Waals surface area (Å²) >= 11 is 1.34. The largest absolute Gasteiger partial charge is 0.394 e. The molecular formula is C19H21N3O4S. The van der Waals surface area contributed by atoms with Gasteiger partial charge in [-0.1, -0.05) is 65.4 Å². The third kappa shape index (κ3) is 5.01. The van der Waals surface area contributed by atoms with Gasteiger partial charge in [-0.15, -0.1) is 0 Å². The predicted octanol–water partition coefficient (Wildman–Crippen LogP) is 3.12. The summed E-state index contributed by atoms with van der Waals surface area (Å²) in [6.45, 7) is -0.0622. The molecule has 1 aliphatic heterocycles. The first-order valence-electron chi connectivity index (χ1n) is 8.58. The Morgan fingerprint density at radius 1 is 1.11 bits per heavy atom. The van der Waals surface area contributed by atoms with Crippen LogP contribution in [-0.2, 0) is 16.1 Å². The molecule has 1 fully saturated rings. The van der Waals surface area contributed by atoms with Crippen molar-refractivity contribution in [1.29, 1.82) is 0 Å². The zero-order valence-electron chi connectivity index (χ0n) is 14.5. The van der Waals surface area contributed by atoms with Gasteiger partial charge in [0, 0.05) is 9.81 Å². The summed E-state index contributed by atoms with van der Waals surface area (Å²) < 4.78 is 11.8. The predicted molar refractivity (Wildman–Crippen MR) is 102 cm³/mol. The van der Waals surface area contributed by atoms with Gasteiger partial charge in [-0.2, -0.15) is 0 Å². The monoisotopic (exact) mass is 388 g/mol. The van der Waals surface area contributed by atoms with E-state index < -0.39 is 29.8 Å². The molecule has 1 heterocycles. The quantitative estimate of drug-likeness (QED) is 0.328. The molecule has 5 atom stereocenters. The summed E-state index contributed by atoms with van der Waals surface area (Å²) in [6.07, 6.45) is -2.63. The Morgan fingerprint density at radius 2 is 1.78 bits per heavy atom. The van der Waals surface area contributed by atoms with Crippen LogP contribution in [0.2, 0.25) is 0 Å². The second-order valence-electron chi connectivity index (χ2n) is 6.10. The zero-order valence-corrected chi connectivity index (χ0v) is 15.4. The maximum absolute atomic E-state index is 10.8. The lowest BCUT2D eigenvalue weighted by Gasteiger charge is -2.42. The Labute approximate surface area is 161 Å². The Hall–Kier alpha value is -2.06. The highest BCUT2D eigenvalue weighted by Gasteiger charge is 2.45. The molecule has 27 heavy (non-hydrogen) atoms. The maximum Gasteiger partial charge on any atom is 0.119 e. The molecule has 1 aliphatic rings. The first kappa shape index (κ1) is 19.7. The number of aliphatic hydroxyl groups excluding tert-OH is 2. The van der Waals surface area contributed by atoms with E-state index in [9.17, 15) is 10.2 Å². The van der Waals surface area contributed by atoms with Crippen molar-refractivity contribution in [2.24, 2.45) is 5.11 Å². The van der Waals surface area contributed by atoms with Gasteiger partial charge in [0.25, 0.3) is 0 Å². The molecule has 8 heteroatoms.